The van der Waals surface area contributed by atoms with Gasteiger partial charge >= 0.3 is 5.97 Å². The molecule has 2 rings (SSSR count). The number of ether oxygens (including phenoxy) is 3. The van der Waals surface area contributed by atoms with Crippen LogP contribution in [0.4, 0.5) is 0 Å². The standard InChI is InChI=1S/C21H25NO5S/c1-25-19-12-17(13-22-20(23)10-11-28-15-21(24)26-2)8-9-18(19)27-14-16-6-4-3-5-7-16/h3-9,12H,10-11,13-15H2,1-2H3,(H,22,23). The molecule has 2 aromatic rings. The predicted molar refractivity (Wildman–Crippen MR) is 110 cm³/mol. The molecule has 0 bridgehead atoms. The molecule has 0 aliphatic carbocycles. The molecular weight excluding hydrogens is 378 g/mol. The zero-order chi connectivity index (χ0) is 20.2. The molecule has 2 aromatic carbocycles. The van der Waals surface area contributed by atoms with Gasteiger partial charge in [-0.05, 0) is 23.3 Å². The molecule has 0 unspecified atom stereocenters. The first-order chi connectivity index (χ1) is 13.6. The number of methoxy groups -OCH3 is 2. The lowest BCUT2D eigenvalue weighted by atomic mass is 10.2. The fourth-order valence-electron chi connectivity index (χ4n) is 2.34. The molecule has 6 nitrogen and oxygen atoms in total. The monoisotopic (exact) mass is 403 g/mol. The number of benzene rings is 2. The van der Waals surface area contributed by atoms with Crippen LogP contribution in [0, 0.1) is 0 Å². The summed E-state index contributed by atoms with van der Waals surface area (Å²) in [6.07, 6.45) is 0.344. The van der Waals surface area contributed by atoms with E-state index in [2.05, 4.69) is 10.1 Å². The fraction of sp³-hybridized carbons (Fsp3) is 0.333. The number of thioether (sulfide) groups is 1. The lowest BCUT2D eigenvalue weighted by Gasteiger charge is -2.13. The molecule has 0 aliphatic rings. The van der Waals surface area contributed by atoms with Gasteiger partial charge in [-0.25, -0.2) is 0 Å². The Hall–Kier alpha value is -2.67. The van der Waals surface area contributed by atoms with Crippen LogP contribution in [0.1, 0.15) is 17.5 Å². The first-order valence-electron chi connectivity index (χ1n) is 8.87. The average Bonchev–Trinajstić information content (AvgIpc) is 2.74. The van der Waals surface area contributed by atoms with Crippen molar-refractivity contribution in [2.24, 2.45) is 0 Å². The van der Waals surface area contributed by atoms with Gasteiger partial charge in [0.15, 0.2) is 11.5 Å². The second-order valence-electron chi connectivity index (χ2n) is 5.91. The number of esters is 1. The summed E-state index contributed by atoms with van der Waals surface area (Å²) in [4.78, 5) is 22.9. The molecule has 1 amide bonds. The molecule has 150 valence electrons. The summed E-state index contributed by atoms with van der Waals surface area (Å²) in [7, 11) is 2.94. The Labute approximate surface area is 169 Å². The van der Waals surface area contributed by atoms with Gasteiger partial charge in [-0.15, -0.1) is 11.8 Å². The molecule has 0 aliphatic heterocycles. The zero-order valence-corrected chi connectivity index (χ0v) is 16.9. The van der Waals surface area contributed by atoms with Gasteiger partial charge in [0.25, 0.3) is 0 Å². The molecular formula is C21H25NO5S. The highest BCUT2D eigenvalue weighted by Gasteiger charge is 2.08. The van der Waals surface area contributed by atoms with E-state index >= 15 is 0 Å². The van der Waals surface area contributed by atoms with Gasteiger partial charge in [0.1, 0.15) is 6.61 Å². The number of carbonyl (C=O) groups excluding carboxylic acids is 2. The molecule has 0 radical (unpaired) electrons. The molecule has 0 saturated heterocycles. The van der Waals surface area contributed by atoms with Crippen molar-refractivity contribution in [2.75, 3.05) is 25.7 Å². The van der Waals surface area contributed by atoms with Crippen LogP contribution in [0.5, 0.6) is 11.5 Å². The third-order valence-electron chi connectivity index (χ3n) is 3.88. The molecule has 7 heteroatoms. The van der Waals surface area contributed by atoms with Crippen molar-refractivity contribution in [3.63, 3.8) is 0 Å². The first kappa shape index (κ1) is 21.6. The summed E-state index contributed by atoms with van der Waals surface area (Å²) >= 11 is 1.38. The van der Waals surface area contributed by atoms with Crippen molar-refractivity contribution in [1.82, 2.24) is 5.32 Å². The van der Waals surface area contributed by atoms with E-state index in [4.69, 9.17) is 9.47 Å². The van der Waals surface area contributed by atoms with Crippen molar-refractivity contribution >= 4 is 23.6 Å². The van der Waals surface area contributed by atoms with Gasteiger partial charge in [0, 0.05) is 18.7 Å². The maximum Gasteiger partial charge on any atom is 0.315 e. The van der Waals surface area contributed by atoms with Crippen LogP contribution in [-0.4, -0.2) is 37.6 Å². The molecule has 0 saturated carbocycles. The summed E-state index contributed by atoms with van der Waals surface area (Å²) in [5, 5.41) is 2.86. The molecule has 0 atom stereocenters. The second kappa shape index (κ2) is 11.9. The normalized spacial score (nSPS) is 10.2. The molecule has 0 fully saturated rings. The van der Waals surface area contributed by atoms with Crippen LogP contribution in [0.3, 0.4) is 0 Å². The SMILES string of the molecule is COC(=O)CSCCC(=O)NCc1ccc(OCc2ccccc2)c(OC)c1. The van der Waals surface area contributed by atoms with E-state index in [1.54, 1.807) is 7.11 Å². The number of hydrogen-bond acceptors (Lipinski definition) is 6. The minimum absolute atomic E-state index is 0.0688. The van der Waals surface area contributed by atoms with Crippen molar-refractivity contribution in [3.8, 4) is 11.5 Å². The topological polar surface area (TPSA) is 73.9 Å². The largest absolute Gasteiger partial charge is 0.493 e. The van der Waals surface area contributed by atoms with Crippen LogP contribution < -0.4 is 14.8 Å². The maximum absolute atomic E-state index is 11.9. The van der Waals surface area contributed by atoms with Gasteiger partial charge in [-0.1, -0.05) is 36.4 Å². The lowest BCUT2D eigenvalue weighted by molar-refractivity contribution is -0.137. The van der Waals surface area contributed by atoms with Crippen LogP contribution in [-0.2, 0) is 27.5 Å². The number of rotatable bonds is 11. The minimum Gasteiger partial charge on any atom is -0.493 e. The van der Waals surface area contributed by atoms with Crippen LogP contribution in [0.25, 0.3) is 0 Å². The van der Waals surface area contributed by atoms with Crippen LogP contribution >= 0.6 is 11.8 Å². The summed E-state index contributed by atoms with van der Waals surface area (Å²) in [5.41, 5.74) is 1.99. The zero-order valence-electron chi connectivity index (χ0n) is 16.1. The third kappa shape index (κ3) is 7.52. The Morgan fingerprint density at radius 1 is 1.00 bits per heavy atom. The fourth-order valence-corrected chi connectivity index (χ4v) is 3.10. The van der Waals surface area contributed by atoms with E-state index < -0.39 is 0 Å². The highest BCUT2D eigenvalue weighted by Crippen LogP contribution is 2.28. The summed E-state index contributed by atoms with van der Waals surface area (Å²) in [5.74, 6) is 1.74. The van der Waals surface area contributed by atoms with E-state index in [1.807, 2.05) is 48.5 Å². The Kier molecular flexibility index (Phi) is 9.21. The Morgan fingerprint density at radius 2 is 1.79 bits per heavy atom. The number of nitrogens with one attached hydrogen (secondary N) is 1. The van der Waals surface area contributed by atoms with E-state index in [-0.39, 0.29) is 17.6 Å². The van der Waals surface area contributed by atoms with Crippen molar-refractivity contribution in [2.45, 2.75) is 19.6 Å². The van der Waals surface area contributed by atoms with E-state index in [0.29, 0.717) is 36.8 Å². The molecule has 0 spiro atoms. The second-order valence-corrected chi connectivity index (χ2v) is 7.02. The van der Waals surface area contributed by atoms with Gasteiger partial charge in [0.05, 0.1) is 20.0 Å². The number of amides is 1. The smallest absolute Gasteiger partial charge is 0.315 e. The summed E-state index contributed by atoms with van der Waals surface area (Å²) in [6.45, 7) is 0.854. The van der Waals surface area contributed by atoms with Crippen LogP contribution in [0.2, 0.25) is 0 Å². The number of carbonyl (C=O) groups is 2. The Bertz CT molecular complexity index is 767. The molecule has 1 N–H and O–H groups in total. The van der Waals surface area contributed by atoms with Crippen LogP contribution in [0.15, 0.2) is 48.5 Å². The highest BCUT2D eigenvalue weighted by molar-refractivity contribution is 7.99. The van der Waals surface area contributed by atoms with E-state index in [9.17, 15) is 9.59 Å². The predicted octanol–water partition coefficient (Wildman–Crippen LogP) is 3.19. The van der Waals surface area contributed by atoms with Crippen molar-refractivity contribution in [3.05, 3.63) is 59.7 Å². The quantitative estimate of drug-likeness (QED) is 0.459. The third-order valence-corrected chi connectivity index (χ3v) is 4.81. The highest BCUT2D eigenvalue weighted by atomic mass is 32.2. The minimum atomic E-state index is -0.285. The molecule has 0 heterocycles. The van der Waals surface area contributed by atoms with Crippen molar-refractivity contribution in [1.29, 1.82) is 0 Å². The van der Waals surface area contributed by atoms with Gasteiger partial charge < -0.3 is 19.5 Å². The number of hydrogen-bond donors (Lipinski definition) is 1. The van der Waals surface area contributed by atoms with Gasteiger partial charge in [-0.3, -0.25) is 9.59 Å². The summed E-state index contributed by atoms with van der Waals surface area (Å²) in [6, 6.07) is 15.5. The Morgan fingerprint density at radius 3 is 2.50 bits per heavy atom. The lowest BCUT2D eigenvalue weighted by Crippen LogP contribution is -2.23. The van der Waals surface area contributed by atoms with Gasteiger partial charge in [0.2, 0.25) is 5.91 Å². The van der Waals surface area contributed by atoms with E-state index in [0.717, 1.165) is 11.1 Å². The summed E-state index contributed by atoms with van der Waals surface area (Å²) < 4.78 is 15.8. The first-order valence-corrected chi connectivity index (χ1v) is 10.0. The maximum atomic E-state index is 11.9. The average molecular weight is 404 g/mol. The molecule has 28 heavy (non-hydrogen) atoms. The van der Waals surface area contributed by atoms with Crippen molar-refractivity contribution < 1.29 is 23.8 Å². The Balaban J connectivity index is 1.79. The molecule has 0 aromatic heterocycles. The van der Waals surface area contributed by atoms with Gasteiger partial charge in [-0.2, -0.15) is 0 Å². The van der Waals surface area contributed by atoms with E-state index in [1.165, 1.54) is 18.9 Å².